The Labute approximate surface area is 126 Å². The molecule has 0 atom stereocenters. The number of thiophene rings is 1. The van der Waals surface area contributed by atoms with E-state index in [-0.39, 0.29) is 5.91 Å². The number of hydrogen-bond acceptors (Lipinski definition) is 3. The zero-order valence-corrected chi connectivity index (χ0v) is 12.3. The lowest BCUT2D eigenvalue weighted by atomic mass is 10.2. The topological polar surface area (TPSA) is 43.3 Å². The highest BCUT2D eigenvalue weighted by Gasteiger charge is 2.15. The first-order chi connectivity index (χ1) is 10.3. The summed E-state index contributed by atoms with van der Waals surface area (Å²) in [6.45, 7) is 0. The number of nitrogens with one attached hydrogen (secondary N) is 1. The van der Waals surface area contributed by atoms with E-state index in [9.17, 15) is 4.79 Å². The monoisotopic (exact) mass is 298 g/mol. The third-order valence-corrected chi connectivity index (χ3v) is 3.85. The van der Waals surface area contributed by atoms with E-state index in [0.717, 1.165) is 11.4 Å². The molecule has 1 amide bonds. The Balaban J connectivity index is 1.91. The van der Waals surface area contributed by atoms with E-state index in [1.165, 1.54) is 11.3 Å². The summed E-state index contributed by atoms with van der Waals surface area (Å²) in [7, 11) is 1.56. The largest absolute Gasteiger partial charge is 0.495 e. The first-order valence-electron chi connectivity index (χ1n) is 6.43. The summed E-state index contributed by atoms with van der Waals surface area (Å²) in [6, 6.07) is 11.6. The first kappa shape index (κ1) is 13.5. The van der Waals surface area contributed by atoms with Crippen LogP contribution in [0.1, 0.15) is 10.4 Å². The van der Waals surface area contributed by atoms with Crippen molar-refractivity contribution in [3.8, 4) is 11.4 Å². The van der Waals surface area contributed by atoms with Crippen molar-refractivity contribution in [2.45, 2.75) is 0 Å². The highest BCUT2D eigenvalue weighted by atomic mass is 32.1. The standard InChI is InChI=1S/C16H14N2O2S/c1-20-15-11-21-10-12(15)16(19)17-13-6-2-3-7-14(13)18-8-4-5-9-18/h2-11H,1H3,(H,17,19). The average molecular weight is 298 g/mol. The van der Waals surface area contributed by atoms with Gasteiger partial charge in [0.05, 0.1) is 24.0 Å². The zero-order chi connectivity index (χ0) is 14.7. The molecule has 2 aromatic heterocycles. The van der Waals surface area contributed by atoms with Gasteiger partial charge in [-0.1, -0.05) is 12.1 Å². The van der Waals surface area contributed by atoms with Gasteiger partial charge in [-0.2, -0.15) is 0 Å². The van der Waals surface area contributed by atoms with E-state index in [0.29, 0.717) is 11.3 Å². The lowest BCUT2D eigenvalue weighted by molar-refractivity contribution is 0.102. The molecule has 0 spiro atoms. The molecule has 106 valence electrons. The van der Waals surface area contributed by atoms with Crippen molar-refractivity contribution in [2.75, 3.05) is 12.4 Å². The molecule has 0 unspecified atom stereocenters. The van der Waals surface area contributed by atoms with Crippen LogP contribution in [0.5, 0.6) is 5.75 Å². The number of benzene rings is 1. The quantitative estimate of drug-likeness (QED) is 0.796. The molecule has 21 heavy (non-hydrogen) atoms. The molecule has 3 rings (SSSR count). The van der Waals surface area contributed by atoms with Crippen LogP contribution in [-0.4, -0.2) is 17.6 Å². The number of anilines is 1. The van der Waals surface area contributed by atoms with Crippen molar-refractivity contribution in [3.63, 3.8) is 0 Å². The van der Waals surface area contributed by atoms with E-state index in [4.69, 9.17) is 4.74 Å². The number of nitrogens with zero attached hydrogens (tertiary/aromatic N) is 1. The van der Waals surface area contributed by atoms with E-state index >= 15 is 0 Å². The molecule has 0 saturated carbocycles. The van der Waals surface area contributed by atoms with E-state index in [2.05, 4.69) is 5.32 Å². The number of aromatic nitrogens is 1. The molecule has 0 aliphatic rings. The number of rotatable bonds is 4. The van der Waals surface area contributed by atoms with Crippen molar-refractivity contribution in [3.05, 3.63) is 65.1 Å². The van der Waals surface area contributed by atoms with Gasteiger partial charge in [0, 0.05) is 23.2 Å². The van der Waals surface area contributed by atoms with Gasteiger partial charge in [-0.3, -0.25) is 4.79 Å². The van der Waals surface area contributed by atoms with Gasteiger partial charge in [0.25, 0.3) is 5.91 Å². The lowest BCUT2D eigenvalue weighted by Gasteiger charge is -2.12. The van der Waals surface area contributed by atoms with Crippen LogP contribution in [-0.2, 0) is 0 Å². The Bertz CT molecular complexity index is 747. The van der Waals surface area contributed by atoms with Crippen LogP contribution in [0.4, 0.5) is 5.69 Å². The minimum Gasteiger partial charge on any atom is -0.495 e. The molecule has 0 aliphatic carbocycles. The van der Waals surface area contributed by atoms with Gasteiger partial charge in [0.15, 0.2) is 0 Å². The van der Waals surface area contributed by atoms with Gasteiger partial charge in [-0.15, -0.1) is 11.3 Å². The maximum Gasteiger partial charge on any atom is 0.260 e. The number of methoxy groups -OCH3 is 1. The SMILES string of the molecule is COc1cscc1C(=O)Nc1ccccc1-n1cccc1. The van der Waals surface area contributed by atoms with Gasteiger partial charge in [0.2, 0.25) is 0 Å². The van der Waals surface area contributed by atoms with Gasteiger partial charge < -0.3 is 14.6 Å². The molecule has 1 aromatic carbocycles. The minimum absolute atomic E-state index is 0.173. The number of carbonyl (C=O) groups is 1. The van der Waals surface area contributed by atoms with Gasteiger partial charge in [-0.25, -0.2) is 0 Å². The molecule has 1 N–H and O–H groups in total. The van der Waals surface area contributed by atoms with Crippen LogP contribution in [0.15, 0.2) is 59.6 Å². The zero-order valence-electron chi connectivity index (χ0n) is 11.4. The smallest absolute Gasteiger partial charge is 0.260 e. The highest BCUT2D eigenvalue weighted by Crippen LogP contribution is 2.26. The maximum absolute atomic E-state index is 12.4. The van der Waals surface area contributed by atoms with Crippen LogP contribution in [0.3, 0.4) is 0 Å². The number of ether oxygens (including phenoxy) is 1. The van der Waals surface area contributed by atoms with Crippen molar-refractivity contribution >= 4 is 22.9 Å². The highest BCUT2D eigenvalue weighted by molar-refractivity contribution is 7.08. The third kappa shape index (κ3) is 2.68. The number of carbonyl (C=O) groups excluding carboxylic acids is 1. The first-order valence-corrected chi connectivity index (χ1v) is 7.38. The Kier molecular flexibility index (Phi) is 3.75. The molecular weight excluding hydrogens is 284 g/mol. The summed E-state index contributed by atoms with van der Waals surface area (Å²) < 4.78 is 7.15. The Hall–Kier alpha value is -2.53. The molecule has 0 fully saturated rings. The predicted molar refractivity (Wildman–Crippen MR) is 84.6 cm³/mol. The van der Waals surface area contributed by atoms with Crippen molar-refractivity contribution in [1.29, 1.82) is 0 Å². The average Bonchev–Trinajstić information content (AvgIpc) is 3.19. The van der Waals surface area contributed by atoms with Crippen LogP contribution < -0.4 is 10.1 Å². The molecule has 0 aliphatic heterocycles. The van der Waals surface area contributed by atoms with Crippen molar-refractivity contribution in [2.24, 2.45) is 0 Å². The summed E-state index contributed by atoms with van der Waals surface area (Å²) in [5, 5.41) is 6.54. The van der Waals surface area contributed by atoms with Crippen LogP contribution in [0, 0.1) is 0 Å². The Morgan fingerprint density at radius 1 is 1.14 bits per heavy atom. The minimum atomic E-state index is -0.173. The fraction of sp³-hybridized carbons (Fsp3) is 0.0625. The fourth-order valence-corrected chi connectivity index (χ4v) is 2.87. The Morgan fingerprint density at radius 3 is 2.67 bits per heavy atom. The van der Waals surface area contributed by atoms with Crippen molar-refractivity contribution in [1.82, 2.24) is 4.57 Å². The van der Waals surface area contributed by atoms with Gasteiger partial charge >= 0.3 is 0 Å². The number of amides is 1. The van der Waals surface area contributed by atoms with E-state index in [1.54, 1.807) is 12.5 Å². The third-order valence-electron chi connectivity index (χ3n) is 3.13. The second-order valence-corrected chi connectivity index (χ2v) is 5.16. The van der Waals surface area contributed by atoms with Crippen LogP contribution in [0.25, 0.3) is 5.69 Å². The molecule has 3 aromatic rings. The van der Waals surface area contributed by atoms with Crippen LogP contribution in [0.2, 0.25) is 0 Å². The molecule has 4 nitrogen and oxygen atoms in total. The summed E-state index contributed by atoms with van der Waals surface area (Å²) >= 11 is 1.44. The van der Waals surface area contributed by atoms with E-state index < -0.39 is 0 Å². The second-order valence-electron chi connectivity index (χ2n) is 4.42. The molecule has 0 radical (unpaired) electrons. The number of hydrogen-bond donors (Lipinski definition) is 1. The van der Waals surface area contributed by atoms with Crippen molar-refractivity contribution < 1.29 is 9.53 Å². The Morgan fingerprint density at radius 2 is 1.90 bits per heavy atom. The summed E-state index contributed by atoms with van der Waals surface area (Å²) in [5.41, 5.74) is 2.22. The summed E-state index contributed by atoms with van der Waals surface area (Å²) in [4.78, 5) is 12.4. The lowest BCUT2D eigenvalue weighted by Crippen LogP contribution is -2.13. The molecule has 5 heteroatoms. The van der Waals surface area contributed by atoms with E-state index in [1.807, 2.05) is 58.7 Å². The summed E-state index contributed by atoms with van der Waals surface area (Å²) in [6.07, 6.45) is 3.88. The fourth-order valence-electron chi connectivity index (χ4n) is 2.10. The van der Waals surface area contributed by atoms with Gasteiger partial charge in [0.1, 0.15) is 5.75 Å². The second kappa shape index (κ2) is 5.85. The van der Waals surface area contributed by atoms with Crippen LogP contribution >= 0.6 is 11.3 Å². The molecule has 0 saturated heterocycles. The normalized spacial score (nSPS) is 10.3. The molecule has 0 bridgehead atoms. The predicted octanol–water partition coefficient (Wildman–Crippen LogP) is 3.80. The van der Waals surface area contributed by atoms with Gasteiger partial charge in [-0.05, 0) is 24.3 Å². The number of para-hydroxylation sites is 2. The summed E-state index contributed by atoms with van der Waals surface area (Å²) in [5.74, 6) is 0.420. The maximum atomic E-state index is 12.4. The molecular formula is C16H14N2O2S. The molecule has 2 heterocycles.